The van der Waals surface area contributed by atoms with E-state index in [2.05, 4.69) is 5.32 Å². The monoisotopic (exact) mass is 319 g/mol. The minimum absolute atomic E-state index is 0.308. The van der Waals surface area contributed by atoms with Gasteiger partial charge in [0.25, 0.3) is 5.91 Å². The molecule has 2 aromatic carbocycles. The van der Waals surface area contributed by atoms with E-state index < -0.39 is 30.1 Å². The lowest BCUT2D eigenvalue weighted by molar-refractivity contribution is -0.119. The van der Waals surface area contributed by atoms with Crippen molar-refractivity contribution in [3.05, 3.63) is 64.7 Å². The van der Waals surface area contributed by atoms with Crippen molar-refractivity contribution in [2.75, 3.05) is 11.9 Å². The maximum absolute atomic E-state index is 13.4. The average Bonchev–Trinajstić information content (AvgIpc) is 2.51. The third kappa shape index (κ3) is 4.12. The van der Waals surface area contributed by atoms with Crippen molar-refractivity contribution >= 4 is 17.6 Å². The van der Waals surface area contributed by atoms with Crippen molar-refractivity contribution in [2.24, 2.45) is 0 Å². The number of hydrogen-bond acceptors (Lipinski definition) is 3. The van der Waals surface area contributed by atoms with Crippen molar-refractivity contribution in [2.45, 2.75) is 13.8 Å². The van der Waals surface area contributed by atoms with E-state index >= 15 is 0 Å². The number of ether oxygens (including phenoxy) is 1. The Morgan fingerprint density at radius 3 is 2.61 bits per heavy atom. The average molecular weight is 319 g/mol. The van der Waals surface area contributed by atoms with Crippen molar-refractivity contribution in [3.63, 3.8) is 0 Å². The van der Waals surface area contributed by atoms with Gasteiger partial charge in [0.05, 0.1) is 11.3 Å². The molecule has 0 unspecified atom stereocenters. The first-order valence-corrected chi connectivity index (χ1v) is 6.86. The number of benzene rings is 2. The summed E-state index contributed by atoms with van der Waals surface area (Å²) < 4.78 is 31.3. The predicted octanol–water partition coefficient (Wildman–Crippen LogP) is 3.38. The molecule has 0 heterocycles. The number of carbonyl (C=O) groups is 2. The predicted molar refractivity (Wildman–Crippen MR) is 81.2 cm³/mol. The minimum atomic E-state index is -0.777. The van der Waals surface area contributed by atoms with Crippen molar-refractivity contribution in [3.8, 4) is 0 Å². The Labute approximate surface area is 132 Å². The summed E-state index contributed by atoms with van der Waals surface area (Å²) in [4.78, 5) is 23.6. The summed E-state index contributed by atoms with van der Waals surface area (Å²) >= 11 is 0. The Hall–Kier alpha value is -2.76. The molecule has 0 aliphatic heterocycles. The molecule has 6 heteroatoms. The second-order valence-corrected chi connectivity index (χ2v) is 5.00. The van der Waals surface area contributed by atoms with Crippen LogP contribution < -0.4 is 5.32 Å². The Kier molecular flexibility index (Phi) is 5.05. The summed E-state index contributed by atoms with van der Waals surface area (Å²) in [5.74, 6) is -2.87. The zero-order chi connectivity index (χ0) is 17.0. The normalized spacial score (nSPS) is 10.3. The van der Waals surface area contributed by atoms with Gasteiger partial charge in [0.15, 0.2) is 6.61 Å². The highest BCUT2D eigenvalue weighted by Gasteiger charge is 2.14. The molecule has 23 heavy (non-hydrogen) atoms. The summed E-state index contributed by atoms with van der Waals surface area (Å²) in [6.07, 6.45) is 0. The van der Waals surface area contributed by atoms with Crippen LogP contribution in [0, 0.1) is 25.5 Å². The number of rotatable bonds is 4. The van der Waals surface area contributed by atoms with Crippen molar-refractivity contribution in [1.29, 1.82) is 0 Å². The molecule has 0 saturated carbocycles. The van der Waals surface area contributed by atoms with Crippen LogP contribution in [-0.4, -0.2) is 18.5 Å². The molecule has 120 valence electrons. The molecule has 4 nitrogen and oxygen atoms in total. The van der Waals surface area contributed by atoms with Gasteiger partial charge in [-0.1, -0.05) is 12.1 Å². The highest BCUT2D eigenvalue weighted by atomic mass is 19.1. The highest BCUT2D eigenvalue weighted by molar-refractivity contribution is 5.96. The fraction of sp³-hybridized carbons (Fsp3) is 0.176. The molecule has 0 saturated heterocycles. The molecule has 0 atom stereocenters. The first-order valence-electron chi connectivity index (χ1n) is 6.86. The standard InChI is InChI=1S/C17H15F2NO3/c1-10-4-3-5-13(11(10)2)17(22)23-9-16(21)20-15-8-12(18)6-7-14(15)19/h3-8H,9H2,1-2H3,(H,20,21). The number of nitrogens with one attached hydrogen (secondary N) is 1. The van der Waals surface area contributed by atoms with Crippen LogP contribution in [0.2, 0.25) is 0 Å². The summed E-state index contributed by atoms with van der Waals surface area (Å²) in [6, 6.07) is 7.83. The van der Waals surface area contributed by atoms with Gasteiger partial charge in [-0.05, 0) is 43.2 Å². The third-order valence-corrected chi connectivity index (χ3v) is 3.36. The Bertz CT molecular complexity index is 759. The molecule has 1 amide bonds. The zero-order valence-electron chi connectivity index (χ0n) is 12.7. The maximum Gasteiger partial charge on any atom is 0.338 e. The van der Waals surface area contributed by atoms with Crippen LogP contribution in [-0.2, 0) is 9.53 Å². The Morgan fingerprint density at radius 2 is 1.87 bits per heavy atom. The van der Waals surface area contributed by atoms with E-state index in [0.717, 1.165) is 29.3 Å². The fourth-order valence-corrected chi connectivity index (χ4v) is 1.96. The van der Waals surface area contributed by atoms with Crippen LogP contribution in [0.1, 0.15) is 21.5 Å². The SMILES string of the molecule is Cc1cccc(C(=O)OCC(=O)Nc2cc(F)ccc2F)c1C. The van der Waals surface area contributed by atoms with Crippen molar-refractivity contribution in [1.82, 2.24) is 0 Å². The number of amides is 1. The molecule has 0 radical (unpaired) electrons. The van der Waals surface area contributed by atoms with Gasteiger partial charge in [0.1, 0.15) is 11.6 Å². The van der Waals surface area contributed by atoms with E-state index in [-0.39, 0.29) is 5.69 Å². The maximum atomic E-state index is 13.4. The number of hydrogen-bond donors (Lipinski definition) is 1. The van der Waals surface area contributed by atoms with E-state index in [1.54, 1.807) is 19.1 Å². The molecule has 0 aromatic heterocycles. The molecule has 1 N–H and O–H groups in total. The summed E-state index contributed by atoms with van der Waals surface area (Å²) in [6.45, 7) is 3.03. The molecule has 2 rings (SSSR count). The lowest BCUT2D eigenvalue weighted by atomic mass is 10.0. The molecular weight excluding hydrogens is 304 g/mol. The first kappa shape index (κ1) is 16.6. The highest BCUT2D eigenvalue weighted by Crippen LogP contribution is 2.16. The molecule has 0 spiro atoms. The molecule has 0 aliphatic carbocycles. The van der Waals surface area contributed by atoms with Crippen LogP contribution >= 0.6 is 0 Å². The number of halogens is 2. The van der Waals surface area contributed by atoms with Crippen LogP contribution in [0.5, 0.6) is 0 Å². The largest absolute Gasteiger partial charge is 0.452 e. The van der Waals surface area contributed by atoms with Crippen LogP contribution in [0.3, 0.4) is 0 Å². The van der Waals surface area contributed by atoms with Crippen LogP contribution in [0.15, 0.2) is 36.4 Å². The summed E-state index contributed by atoms with van der Waals surface area (Å²) in [5.41, 5.74) is 1.73. The molecular formula is C17H15F2NO3. The Morgan fingerprint density at radius 1 is 1.13 bits per heavy atom. The lowest BCUT2D eigenvalue weighted by Gasteiger charge is -2.10. The Balaban J connectivity index is 1.98. The number of esters is 1. The number of aryl methyl sites for hydroxylation is 1. The van der Waals surface area contributed by atoms with E-state index in [1.165, 1.54) is 0 Å². The topological polar surface area (TPSA) is 55.4 Å². The van der Waals surface area contributed by atoms with Gasteiger partial charge in [-0.3, -0.25) is 4.79 Å². The van der Waals surface area contributed by atoms with Gasteiger partial charge < -0.3 is 10.1 Å². The van der Waals surface area contributed by atoms with E-state index in [0.29, 0.717) is 5.56 Å². The molecule has 0 aliphatic rings. The van der Waals surface area contributed by atoms with Gasteiger partial charge in [0, 0.05) is 6.07 Å². The zero-order valence-corrected chi connectivity index (χ0v) is 12.7. The van der Waals surface area contributed by atoms with E-state index in [4.69, 9.17) is 4.74 Å². The minimum Gasteiger partial charge on any atom is -0.452 e. The second-order valence-electron chi connectivity index (χ2n) is 5.00. The summed E-state index contributed by atoms with van der Waals surface area (Å²) in [7, 11) is 0. The molecule has 0 fully saturated rings. The number of anilines is 1. The van der Waals surface area contributed by atoms with Crippen LogP contribution in [0.4, 0.5) is 14.5 Å². The van der Waals surface area contributed by atoms with E-state index in [9.17, 15) is 18.4 Å². The smallest absolute Gasteiger partial charge is 0.338 e. The summed E-state index contributed by atoms with van der Waals surface area (Å²) in [5, 5.41) is 2.15. The second kappa shape index (κ2) is 7.00. The lowest BCUT2D eigenvalue weighted by Crippen LogP contribution is -2.22. The first-order chi connectivity index (χ1) is 10.9. The third-order valence-electron chi connectivity index (χ3n) is 3.36. The quantitative estimate of drug-likeness (QED) is 0.879. The fourth-order valence-electron chi connectivity index (χ4n) is 1.96. The van der Waals surface area contributed by atoms with Gasteiger partial charge >= 0.3 is 5.97 Å². The van der Waals surface area contributed by atoms with Crippen molar-refractivity contribution < 1.29 is 23.1 Å². The van der Waals surface area contributed by atoms with Crippen LogP contribution in [0.25, 0.3) is 0 Å². The van der Waals surface area contributed by atoms with Gasteiger partial charge in [-0.15, -0.1) is 0 Å². The van der Waals surface area contributed by atoms with Gasteiger partial charge in [-0.2, -0.15) is 0 Å². The molecule has 0 bridgehead atoms. The number of carbonyl (C=O) groups excluding carboxylic acids is 2. The van der Waals surface area contributed by atoms with E-state index in [1.807, 2.05) is 13.0 Å². The van der Waals surface area contributed by atoms with Gasteiger partial charge in [-0.25, -0.2) is 13.6 Å². The van der Waals surface area contributed by atoms with Gasteiger partial charge in [0.2, 0.25) is 0 Å². The molecule has 2 aromatic rings.